The van der Waals surface area contributed by atoms with E-state index in [-0.39, 0.29) is 23.1 Å². The van der Waals surface area contributed by atoms with E-state index >= 15 is 0 Å². The lowest BCUT2D eigenvalue weighted by atomic mass is 10.2. The van der Waals surface area contributed by atoms with Gasteiger partial charge in [0.15, 0.2) is 11.5 Å². The van der Waals surface area contributed by atoms with Crippen LogP contribution in [0.15, 0.2) is 41.0 Å². The molecule has 3 aromatic rings. The van der Waals surface area contributed by atoms with Crippen LogP contribution in [0.5, 0.6) is 11.6 Å². The lowest BCUT2D eigenvalue weighted by Crippen LogP contribution is -2.21. The Kier molecular flexibility index (Phi) is 5.73. The predicted octanol–water partition coefficient (Wildman–Crippen LogP) is 3.71. The highest BCUT2D eigenvalue weighted by molar-refractivity contribution is 9.10. The van der Waals surface area contributed by atoms with Crippen LogP contribution in [0.4, 0.5) is 18.9 Å². The number of alkyl halides is 3. The number of hydrogen-bond acceptors (Lipinski definition) is 6. The molecule has 0 saturated carbocycles. The van der Waals surface area contributed by atoms with Crippen molar-refractivity contribution in [3.05, 3.63) is 52.3 Å². The predicted molar refractivity (Wildman–Crippen MR) is 99.4 cm³/mol. The SMILES string of the molecule is COc1ccc(-n2ncc(C(=O)Nc3cc(Br)ccc3OC)c2C(F)(F)F)nn1. The molecule has 1 aromatic carbocycles. The van der Waals surface area contributed by atoms with Crippen LogP contribution in [0.3, 0.4) is 0 Å². The second-order valence-corrected chi connectivity index (χ2v) is 6.46. The van der Waals surface area contributed by atoms with Gasteiger partial charge < -0.3 is 14.8 Å². The molecule has 152 valence electrons. The second kappa shape index (κ2) is 8.07. The third-order valence-electron chi connectivity index (χ3n) is 3.74. The molecule has 0 aliphatic carbocycles. The fourth-order valence-corrected chi connectivity index (χ4v) is 2.82. The Balaban J connectivity index is 2.02. The molecular weight excluding hydrogens is 459 g/mol. The summed E-state index contributed by atoms with van der Waals surface area (Å²) in [5, 5.41) is 13.4. The number of halogens is 4. The number of carbonyl (C=O) groups is 1. The van der Waals surface area contributed by atoms with Crippen molar-refractivity contribution in [1.29, 1.82) is 0 Å². The zero-order valence-electron chi connectivity index (χ0n) is 15.0. The first kappa shape index (κ1) is 20.6. The number of ether oxygens (including phenoxy) is 2. The molecule has 0 aliphatic rings. The highest BCUT2D eigenvalue weighted by Crippen LogP contribution is 2.34. The van der Waals surface area contributed by atoms with Gasteiger partial charge in [0.1, 0.15) is 5.75 Å². The molecule has 29 heavy (non-hydrogen) atoms. The number of nitrogens with zero attached hydrogens (tertiary/aromatic N) is 4. The summed E-state index contributed by atoms with van der Waals surface area (Å²) < 4.78 is 52.3. The van der Waals surface area contributed by atoms with Crippen LogP contribution in [0, 0.1) is 0 Å². The monoisotopic (exact) mass is 471 g/mol. The van der Waals surface area contributed by atoms with E-state index in [4.69, 9.17) is 9.47 Å². The molecule has 2 aromatic heterocycles. The Morgan fingerprint density at radius 1 is 1.14 bits per heavy atom. The van der Waals surface area contributed by atoms with Crippen molar-refractivity contribution >= 4 is 27.5 Å². The number of amides is 1. The van der Waals surface area contributed by atoms with E-state index < -0.39 is 23.3 Å². The summed E-state index contributed by atoms with van der Waals surface area (Å²) in [6, 6.07) is 7.30. The van der Waals surface area contributed by atoms with E-state index in [0.717, 1.165) is 6.20 Å². The fraction of sp³-hybridized carbons (Fsp3) is 0.176. The number of benzene rings is 1. The van der Waals surface area contributed by atoms with E-state index in [1.54, 1.807) is 12.1 Å². The summed E-state index contributed by atoms with van der Waals surface area (Å²) in [5.74, 6) is -0.837. The summed E-state index contributed by atoms with van der Waals surface area (Å²) in [6.07, 6.45) is -4.07. The van der Waals surface area contributed by atoms with Crippen LogP contribution in [0.1, 0.15) is 16.1 Å². The third kappa shape index (κ3) is 4.31. The Morgan fingerprint density at radius 3 is 2.48 bits per heavy atom. The van der Waals surface area contributed by atoms with Gasteiger partial charge >= 0.3 is 6.18 Å². The number of rotatable bonds is 5. The highest BCUT2D eigenvalue weighted by atomic mass is 79.9. The molecule has 0 aliphatic heterocycles. The zero-order valence-corrected chi connectivity index (χ0v) is 16.6. The van der Waals surface area contributed by atoms with E-state index in [2.05, 4.69) is 36.5 Å². The summed E-state index contributed by atoms with van der Waals surface area (Å²) in [5.41, 5.74) is -1.78. The van der Waals surface area contributed by atoms with Gasteiger partial charge in [-0.3, -0.25) is 4.79 Å². The van der Waals surface area contributed by atoms with Crippen LogP contribution in [0.2, 0.25) is 0 Å². The molecule has 0 saturated heterocycles. The fourth-order valence-electron chi connectivity index (χ4n) is 2.46. The molecule has 0 spiro atoms. The van der Waals surface area contributed by atoms with Gasteiger partial charge in [-0.2, -0.15) is 18.3 Å². The van der Waals surface area contributed by atoms with Gasteiger partial charge in [0.2, 0.25) is 5.88 Å². The standard InChI is InChI=1S/C17H13BrF3N5O3/c1-28-12-4-3-9(18)7-11(12)23-16(27)10-8-22-26(15(10)17(19,20)21)13-5-6-14(29-2)25-24-13/h3-8H,1-2H3,(H,23,27). The maximum atomic E-state index is 13.7. The quantitative estimate of drug-likeness (QED) is 0.609. The lowest BCUT2D eigenvalue weighted by molar-refractivity contribution is -0.143. The topological polar surface area (TPSA) is 91.2 Å². The number of aromatic nitrogens is 4. The number of hydrogen-bond donors (Lipinski definition) is 1. The number of carbonyl (C=O) groups excluding carboxylic acids is 1. The van der Waals surface area contributed by atoms with Gasteiger partial charge in [-0.15, -0.1) is 10.2 Å². The van der Waals surface area contributed by atoms with Crippen molar-refractivity contribution in [2.45, 2.75) is 6.18 Å². The van der Waals surface area contributed by atoms with Gasteiger partial charge in [-0.25, -0.2) is 4.68 Å². The molecular formula is C17H13BrF3N5O3. The maximum Gasteiger partial charge on any atom is 0.434 e. The molecule has 0 atom stereocenters. The van der Waals surface area contributed by atoms with E-state index in [9.17, 15) is 18.0 Å². The van der Waals surface area contributed by atoms with Gasteiger partial charge in [0, 0.05) is 10.5 Å². The summed E-state index contributed by atoms with van der Waals surface area (Å²) >= 11 is 3.24. The van der Waals surface area contributed by atoms with Gasteiger partial charge in [0.25, 0.3) is 5.91 Å². The molecule has 2 heterocycles. The zero-order chi connectivity index (χ0) is 21.2. The molecule has 0 bridgehead atoms. The van der Waals surface area contributed by atoms with Gasteiger partial charge in [0.05, 0.1) is 31.7 Å². The Labute approximate surface area is 170 Å². The molecule has 0 radical (unpaired) electrons. The van der Waals surface area contributed by atoms with Crippen molar-refractivity contribution in [3.8, 4) is 17.4 Å². The molecule has 1 N–H and O–H groups in total. The first-order valence-corrected chi connectivity index (χ1v) is 8.72. The molecule has 3 rings (SSSR count). The summed E-state index contributed by atoms with van der Waals surface area (Å²) in [4.78, 5) is 12.6. The molecule has 0 fully saturated rings. The first-order chi connectivity index (χ1) is 13.7. The van der Waals surface area contributed by atoms with Crippen LogP contribution in [-0.4, -0.2) is 40.1 Å². The van der Waals surface area contributed by atoms with E-state index in [1.165, 1.54) is 32.4 Å². The van der Waals surface area contributed by atoms with Crippen LogP contribution in [-0.2, 0) is 6.18 Å². The Hall–Kier alpha value is -3.15. The van der Waals surface area contributed by atoms with Crippen LogP contribution in [0.25, 0.3) is 5.82 Å². The normalized spacial score (nSPS) is 11.2. The Morgan fingerprint density at radius 2 is 1.90 bits per heavy atom. The highest BCUT2D eigenvalue weighted by Gasteiger charge is 2.41. The van der Waals surface area contributed by atoms with Gasteiger partial charge in [-0.05, 0) is 24.3 Å². The summed E-state index contributed by atoms with van der Waals surface area (Å²) in [7, 11) is 2.72. The largest absolute Gasteiger partial charge is 0.495 e. The number of anilines is 1. The van der Waals surface area contributed by atoms with E-state index in [0.29, 0.717) is 9.15 Å². The van der Waals surface area contributed by atoms with Gasteiger partial charge in [-0.1, -0.05) is 15.9 Å². The minimum Gasteiger partial charge on any atom is -0.495 e. The number of nitrogens with one attached hydrogen (secondary N) is 1. The van der Waals surface area contributed by atoms with Crippen molar-refractivity contribution in [1.82, 2.24) is 20.0 Å². The average Bonchev–Trinajstić information content (AvgIpc) is 3.14. The second-order valence-electron chi connectivity index (χ2n) is 5.55. The van der Waals surface area contributed by atoms with E-state index in [1.807, 2.05) is 0 Å². The minimum absolute atomic E-state index is 0.120. The molecule has 12 heteroatoms. The third-order valence-corrected chi connectivity index (χ3v) is 4.24. The van der Waals surface area contributed by atoms with Crippen molar-refractivity contribution in [2.75, 3.05) is 19.5 Å². The van der Waals surface area contributed by atoms with Crippen LogP contribution < -0.4 is 14.8 Å². The number of methoxy groups -OCH3 is 2. The van der Waals surface area contributed by atoms with Crippen molar-refractivity contribution in [2.24, 2.45) is 0 Å². The maximum absolute atomic E-state index is 13.7. The summed E-state index contributed by atoms with van der Waals surface area (Å²) in [6.45, 7) is 0. The molecule has 8 nitrogen and oxygen atoms in total. The smallest absolute Gasteiger partial charge is 0.434 e. The van der Waals surface area contributed by atoms with Crippen molar-refractivity contribution in [3.63, 3.8) is 0 Å². The average molecular weight is 472 g/mol. The van der Waals surface area contributed by atoms with Crippen molar-refractivity contribution < 1.29 is 27.4 Å². The molecule has 1 amide bonds. The molecule has 0 unspecified atom stereocenters. The minimum atomic E-state index is -4.88. The van der Waals surface area contributed by atoms with Crippen LogP contribution >= 0.6 is 15.9 Å². The lowest BCUT2D eigenvalue weighted by Gasteiger charge is -2.13. The first-order valence-electron chi connectivity index (χ1n) is 7.92. The Bertz CT molecular complexity index is 1040.